The molecule has 0 radical (unpaired) electrons. The van der Waals surface area contributed by atoms with E-state index in [4.69, 9.17) is 0 Å². The van der Waals surface area contributed by atoms with Crippen molar-refractivity contribution < 1.29 is 157 Å². The van der Waals surface area contributed by atoms with Gasteiger partial charge in [-0.2, -0.15) is 0 Å². The summed E-state index contributed by atoms with van der Waals surface area (Å²) in [6.07, 6.45) is 10.7. The van der Waals surface area contributed by atoms with Crippen LogP contribution in [0.3, 0.4) is 0 Å². The van der Waals surface area contributed by atoms with Crippen LogP contribution in [-0.2, 0) is 95.9 Å². The van der Waals surface area contributed by atoms with Crippen molar-refractivity contribution in [1.29, 1.82) is 0 Å². The Morgan fingerprint density at radius 1 is 0.165 bits per heavy atom. The lowest BCUT2D eigenvalue weighted by Gasteiger charge is -2.35. The molecule has 56 nitrogen and oxygen atoms in total. The zero-order valence-corrected chi connectivity index (χ0v) is 73.7. The molecule has 0 spiro atoms. The minimum Gasteiger partial charge on any atom is -0.480 e. The van der Waals surface area contributed by atoms with E-state index in [9.17, 15) is 157 Å². The van der Waals surface area contributed by atoms with Crippen LogP contribution in [0, 0.1) is 5.41 Å². The minimum atomic E-state index is -1.89. The molecule has 0 aromatic carbocycles. The van der Waals surface area contributed by atoms with Crippen molar-refractivity contribution in [3.63, 3.8) is 0 Å². The Kier molecular flexibility index (Phi) is 50.8. The summed E-state index contributed by atoms with van der Waals surface area (Å²) in [5.74, 6) is -22.1. The number of carboxylic acid groups (broad SMARTS) is 12. The zero-order valence-electron chi connectivity index (χ0n) is 73.7. The van der Waals surface area contributed by atoms with Crippen LogP contribution in [0.2, 0.25) is 0 Å². The fourth-order valence-electron chi connectivity index (χ4n) is 13.5. The summed E-state index contributed by atoms with van der Waals surface area (Å²) >= 11 is 0. The largest absolute Gasteiger partial charge is 0.480 e. The van der Waals surface area contributed by atoms with Crippen molar-refractivity contribution in [2.24, 2.45) is 5.41 Å². The molecule has 4 heterocycles. The Balaban J connectivity index is 1.77. The molecule has 0 bridgehead atoms. The summed E-state index contributed by atoms with van der Waals surface area (Å²) in [4.78, 5) is 278. The number of rotatable bonds is 48. The van der Waals surface area contributed by atoms with E-state index in [0.29, 0.717) is 0 Å². The lowest BCUT2D eigenvalue weighted by Crippen LogP contribution is -2.59. The van der Waals surface area contributed by atoms with Gasteiger partial charge in [-0.25, -0.2) is 0 Å². The number of nitrogens with one attached hydrogen (secondary N) is 8. The first-order valence-corrected chi connectivity index (χ1v) is 42.1. The van der Waals surface area contributed by atoms with Gasteiger partial charge in [0.25, 0.3) is 0 Å². The minimum absolute atomic E-state index is 0.00407. The molecule has 0 aliphatic carbocycles. The highest BCUT2D eigenvalue weighted by molar-refractivity contribution is 5.89. The maximum atomic E-state index is 14.2. The third-order valence-corrected chi connectivity index (χ3v) is 20.5. The fourth-order valence-corrected chi connectivity index (χ4v) is 13.5. The average molecular weight is 1900 g/mol. The summed E-state index contributed by atoms with van der Waals surface area (Å²) in [7, 11) is 0. The maximum absolute atomic E-state index is 14.2. The molecule has 0 aromatic rings. The molecule has 4 aliphatic rings. The van der Waals surface area contributed by atoms with Gasteiger partial charge in [-0.1, -0.05) is 0 Å². The molecule has 0 unspecified atom stereocenters. The normalized spacial score (nSPS) is 17.9. The predicted octanol–water partition coefficient (Wildman–Crippen LogP) is -13.3. The van der Waals surface area contributed by atoms with Gasteiger partial charge in [-0.3, -0.25) is 135 Å². The summed E-state index contributed by atoms with van der Waals surface area (Å²) in [5, 5.41) is 137. The number of carboxylic acids is 12. The summed E-state index contributed by atoms with van der Waals surface area (Å²) in [6, 6.07) is 0. The molecule has 744 valence electrons. The van der Waals surface area contributed by atoms with Gasteiger partial charge in [0.15, 0.2) is 0 Å². The number of aliphatic carboxylic acids is 12. The monoisotopic (exact) mass is 1900 g/mol. The van der Waals surface area contributed by atoms with E-state index in [1.807, 2.05) is 0 Å². The smallest absolute Gasteiger partial charge is 0.323 e. The Bertz CT molecular complexity index is 3770. The quantitative estimate of drug-likeness (QED) is 0.0269. The number of amides is 8. The topological polar surface area (TPSA) is 732 Å². The molecule has 8 amide bonds. The van der Waals surface area contributed by atoms with Crippen LogP contribution >= 0.6 is 0 Å². The molecular weight excluding hydrogens is 1770 g/mol. The molecule has 4 aliphatic heterocycles. The Labute approximate surface area is 763 Å². The van der Waals surface area contributed by atoms with E-state index in [-0.39, 0.29) is 157 Å². The van der Waals surface area contributed by atoms with Gasteiger partial charge in [0.05, 0.1) is 98.2 Å². The van der Waals surface area contributed by atoms with Gasteiger partial charge in [-0.15, -0.1) is 0 Å². The van der Waals surface area contributed by atoms with Crippen LogP contribution in [0.5, 0.6) is 0 Å². The highest BCUT2D eigenvalue weighted by Gasteiger charge is 2.35. The van der Waals surface area contributed by atoms with Crippen LogP contribution in [0.25, 0.3) is 0 Å². The van der Waals surface area contributed by atoms with Crippen LogP contribution in [0.4, 0.5) is 0 Å². The van der Waals surface area contributed by atoms with Crippen molar-refractivity contribution in [2.45, 2.75) is 0 Å². The maximum Gasteiger partial charge on any atom is 0.323 e. The first-order valence-electron chi connectivity index (χ1n) is 42.1. The van der Waals surface area contributed by atoms with Gasteiger partial charge >= 0.3 is 71.6 Å². The highest BCUT2D eigenvalue weighted by atomic mass is 16.4. The summed E-state index contributed by atoms with van der Waals surface area (Å²) in [6.45, 7) is -15.0. The average Bonchev–Trinajstić information content (AvgIpc) is 0.846. The van der Waals surface area contributed by atoms with E-state index >= 15 is 0 Å². The molecule has 4 rings (SSSR count). The Hall–Kier alpha value is -13.6. The predicted molar refractivity (Wildman–Crippen MR) is 459 cm³/mol. The lowest BCUT2D eigenvalue weighted by atomic mass is 9.86. The van der Waals surface area contributed by atoms with Crippen LogP contribution in [-0.4, -0.2) is 573 Å². The third-order valence-electron chi connectivity index (χ3n) is 20.5. The number of carbonyl (C=O) groups excluding carboxylic acids is 8. The number of carbonyl (C=O) groups is 20. The van der Waals surface area contributed by atoms with Crippen molar-refractivity contribution in [2.75, 3.05) is 314 Å². The molecule has 0 fully saturated rings. The lowest BCUT2D eigenvalue weighted by molar-refractivity contribution is -0.140. The van der Waals surface area contributed by atoms with Gasteiger partial charge in [-0.05, 0) is 0 Å². The molecule has 0 saturated carbocycles. The molecular formula is C77H124N24O32. The van der Waals surface area contributed by atoms with Crippen LogP contribution in [0.15, 0.2) is 49.6 Å². The number of hydrogen-bond donors (Lipinski definition) is 20. The highest BCUT2D eigenvalue weighted by Crippen LogP contribution is 2.15. The van der Waals surface area contributed by atoms with E-state index in [1.54, 1.807) is 0 Å². The van der Waals surface area contributed by atoms with E-state index in [0.717, 1.165) is 0 Å². The second-order valence-electron chi connectivity index (χ2n) is 31.6. The van der Waals surface area contributed by atoms with Gasteiger partial charge < -0.3 is 143 Å². The van der Waals surface area contributed by atoms with Gasteiger partial charge in [0.1, 0.15) is 32.7 Å². The summed E-state index contributed by atoms with van der Waals surface area (Å²) in [5.41, 5.74) is -1.89. The van der Waals surface area contributed by atoms with E-state index < -0.39 is 281 Å². The first-order chi connectivity index (χ1) is 62.9. The van der Waals surface area contributed by atoms with E-state index in [2.05, 4.69) is 42.5 Å². The second kappa shape index (κ2) is 60.4. The second-order valence-corrected chi connectivity index (χ2v) is 31.6. The first kappa shape index (κ1) is 112. The SMILES string of the molecule is O=C(O)CN1/C=C\N(CC(=O)NCC(=O)NCC(CNC(=O)CNC(=O)CN2/C=C\N(CC(=O)O)CCN(CC(=O)O)CCN(CC(=O)O)CC2)(CNC(=O)CNC(=O)CN2/C=C\N(CC(=O)O)CCN(CC(=O)O)CCN(CC(=O)O)CC2)CNC(=O)CNC(=O)CN2CCN(CC(=O)O)/C=C\N(CC(=O)O)CCN(CC(=O)O)CC2)CCN(CC(=O)O)CCN(CC(=O)O)CC1. The van der Waals surface area contributed by atoms with Crippen molar-refractivity contribution in [3.05, 3.63) is 49.6 Å². The van der Waals surface area contributed by atoms with Crippen molar-refractivity contribution in [3.8, 4) is 0 Å². The van der Waals surface area contributed by atoms with Crippen molar-refractivity contribution in [1.82, 2.24) is 121 Å². The molecule has 0 aromatic heterocycles. The molecule has 20 N–H and O–H groups in total. The molecule has 0 atom stereocenters. The summed E-state index contributed by atoms with van der Waals surface area (Å²) < 4.78 is 0. The standard InChI is InChI=1S/C77H124N24O32/c102-57(33-78-61(106)37-86-1-9-90(41-65(110)111)17-25-98(49-73(126)127)26-18-91(10-2-86)42-66(112)113)82-53-77(54-83-58(103)34-79-62(107)38-87-3-11-92(43-67(114)115)19-27-99(50-74(128)129)28-20-93(12-4-87)44-68(116)117,55-84-59(104)35-80-63(108)39-88-5-13-94(45-69(118)119)21-29-100(51-75(130)131)30-22-95(14-6-88)46-70(120)121)56-85-60(105)36-81-64(109)40-89-7-15-96(47-71(122)123)23-31-101(52-76(132)133)32-24-97(16-8-89)48-72(124)125/h1,3,5,9,11,13,23,31H,2,4,6-8,10,12,14-22,24-30,32-56H2,(H,78,106)(H,79,107)(H,80,108)(H,81,109)(H,82,102)(H,83,103)(H,84,104)(H,85,105)(H,110,111)(H,112,113)(H,114,115)(H,116,117)(H,118,119)(H,120,121)(H,122,123)(H,124,125)(H,126,127)(H,128,129)(H,130,131)(H,132,133)/b9-1-,11-3-,13-5-,31-23-. The molecule has 133 heavy (non-hydrogen) atoms. The van der Waals surface area contributed by atoms with Crippen molar-refractivity contribution >= 4 is 119 Å². The van der Waals surface area contributed by atoms with Gasteiger partial charge in [0, 0.05) is 238 Å². The molecule has 0 saturated heterocycles. The Morgan fingerprint density at radius 2 is 0.293 bits per heavy atom. The van der Waals surface area contributed by atoms with Crippen LogP contribution < -0.4 is 42.5 Å². The van der Waals surface area contributed by atoms with E-state index in [1.165, 1.54) is 128 Å². The zero-order chi connectivity index (χ0) is 98.5. The molecule has 56 heteroatoms. The van der Waals surface area contributed by atoms with Crippen LogP contribution in [0.1, 0.15) is 0 Å². The number of hydrogen-bond acceptors (Lipinski definition) is 36. The van der Waals surface area contributed by atoms with Gasteiger partial charge in [0.2, 0.25) is 47.3 Å². The Morgan fingerprint density at radius 3 is 0.444 bits per heavy atom. The number of nitrogens with zero attached hydrogens (tertiary/aromatic N) is 16. The fraction of sp³-hybridized carbons (Fsp3) is 0.636. The third kappa shape index (κ3) is 52.8.